The van der Waals surface area contributed by atoms with Gasteiger partial charge >= 0.3 is 0 Å². The minimum atomic E-state index is -0.466. The molecule has 0 unspecified atom stereocenters. The van der Waals surface area contributed by atoms with Gasteiger partial charge in [-0.3, -0.25) is 4.90 Å². The molecule has 2 rings (SSSR count). The highest BCUT2D eigenvalue weighted by atomic mass is 16.3. The molecule has 2 N–H and O–H groups in total. The van der Waals surface area contributed by atoms with Crippen molar-refractivity contribution in [1.29, 1.82) is 0 Å². The highest BCUT2D eigenvalue weighted by Gasteiger charge is 2.45. The van der Waals surface area contributed by atoms with Gasteiger partial charge in [-0.1, -0.05) is 13.8 Å². The third-order valence-corrected chi connectivity index (χ3v) is 4.43. The van der Waals surface area contributed by atoms with Crippen LogP contribution in [-0.2, 0) is 0 Å². The standard InChI is InChI=1S/C13H25NO2/c1-10(2)11-6-13(16,7-11)9-14-5-3-4-12(14)8-15/h10-12,15-16H,3-9H2,1-2H3/t11?,12-,13?/m0/s1. The fraction of sp³-hybridized carbons (Fsp3) is 1.00. The van der Waals surface area contributed by atoms with Crippen LogP contribution in [-0.4, -0.2) is 46.5 Å². The van der Waals surface area contributed by atoms with Gasteiger partial charge in [-0.25, -0.2) is 0 Å². The first-order valence-electron chi connectivity index (χ1n) is 6.61. The maximum atomic E-state index is 10.4. The van der Waals surface area contributed by atoms with Gasteiger partial charge in [0.15, 0.2) is 0 Å². The van der Waals surface area contributed by atoms with Crippen LogP contribution in [0, 0.1) is 11.8 Å². The van der Waals surface area contributed by atoms with Gasteiger partial charge in [0, 0.05) is 12.6 Å². The molecule has 3 nitrogen and oxygen atoms in total. The first kappa shape index (κ1) is 12.3. The number of nitrogens with zero attached hydrogens (tertiary/aromatic N) is 1. The van der Waals surface area contributed by atoms with Crippen LogP contribution in [0.25, 0.3) is 0 Å². The second-order valence-electron chi connectivity index (χ2n) is 6.09. The van der Waals surface area contributed by atoms with Gasteiger partial charge in [-0.2, -0.15) is 0 Å². The molecule has 1 aliphatic carbocycles. The maximum absolute atomic E-state index is 10.4. The van der Waals surface area contributed by atoms with Crippen LogP contribution in [0.2, 0.25) is 0 Å². The molecule has 0 radical (unpaired) electrons. The molecule has 94 valence electrons. The summed E-state index contributed by atoms with van der Waals surface area (Å²) in [4.78, 5) is 2.27. The summed E-state index contributed by atoms with van der Waals surface area (Å²) in [6.07, 6.45) is 4.13. The molecule has 16 heavy (non-hydrogen) atoms. The third kappa shape index (κ3) is 2.41. The van der Waals surface area contributed by atoms with Gasteiger partial charge in [0.2, 0.25) is 0 Å². The zero-order valence-electron chi connectivity index (χ0n) is 10.5. The Balaban J connectivity index is 1.82. The lowest BCUT2D eigenvalue weighted by Crippen LogP contribution is -2.54. The molecular weight excluding hydrogens is 202 g/mol. The Labute approximate surface area is 98.5 Å². The Morgan fingerprint density at radius 1 is 1.38 bits per heavy atom. The highest BCUT2D eigenvalue weighted by Crippen LogP contribution is 2.43. The maximum Gasteiger partial charge on any atom is 0.0779 e. The Bertz CT molecular complexity index is 236. The third-order valence-electron chi connectivity index (χ3n) is 4.43. The van der Waals surface area contributed by atoms with Crippen LogP contribution in [0.15, 0.2) is 0 Å². The molecule has 0 amide bonds. The van der Waals surface area contributed by atoms with Crippen molar-refractivity contribution >= 4 is 0 Å². The van der Waals surface area contributed by atoms with E-state index in [9.17, 15) is 10.2 Å². The molecule has 1 aliphatic heterocycles. The monoisotopic (exact) mass is 227 g/mol. The van der Waals surface area contributed by atoms with Gasteiger partial charge in [0.05, 0.1) is 12.2 Å². The summed E-state index contributed by atoms with van der Waals surface area (Å²) in [6.45, 7) is 6.51. The number of aliphatic hydroxyl groups is 2. The molecule has 0 bridgehead atoms. The SMILES string of the molecule is CC(C)C1CC(O)(CN2CCC[C@H]2CO)C1. The second kappa shape index (κ2) is 4.63. The lowest BCUT2D eigenvalue weighted by Gasteiger charge is -2.48. The predicted octanol–water partition coefficient (Wildman–Crippen LogP) is 1.24. The van der Waals surface area contributed by atoms with E-state index in [0.29, 0.717) is 17.9 Å². The fourth-order valence-corrected chi connectivity index (χ4v) is 3.20. The molecule has 0 aromatic rings. The zero-order valence-corrected chi connectivity index (χ0v) is 10.5. The Morgan fingerprint density at radius 3 is 2.62 bits per heavy atom. The number of hydrogen-bond donors (Lipinski definition) is 2. The van der Waals surface area contributed by atoms with Gasteiger partial charge in [0.25, 0.3) is 0 Å². The fourth-order valence-electron chi connectivity index (χ4n) is 3.20. The van der Waals surface area contributed by atoms with E-state index in [0.717, 1.165) is 38.8 Å². The topological polar surface area (TPSA) is 43.7 Å². The number of likely N-dealkylation sites (tertiary alicyclic amines) is 1. The average molecular weight is 227 g/mol. The number of hydrogen-bond acceptors (Lipinski definition) is 3. The number of rotatable bonds is 4. The first-order valence-corrected chi connectivity index (χ1v) is 6.61. The number of aliphatic hydroxyl groups excluding tert-OH is 1. The van der Waals surface area contributed by atoms with E-state index in [2.05, 4.69) is 18.7 Å². The van der Waals surface area contributed by atoms with E-state index in [1.807, 2.05) is 0 Å². The molecule has 0 aromatic carbocycles. The van der Waals surface area contributed by atoms with Crippen LogP contribution in [0.4, 0.5) is 0 Å². The minimum Gasteiger partial charge on any atom is -0.395 e. The van der Waals surface area contributed by atoms with Crippen LogP contribution >= 0.6 is 0 Å². The van der Waals surface area contributed by atoms with E-state index in [-0.39, 0.29) is 6.61 Å². The quantitative estimate of drug-likeness (QED) is 0.759. The summed E-state index contributed by atoms with van der Waals surface area (Å²) in [5.74, 6) is 1.38. The summed E-state index contributed by atoms with van der Waals surface area (Å²) in [5.41, 5.74) is -0.466. The van der Waals surface area contributed by atoms with Gasteiger partial charge < -0.3 is 10.2 Å². The van der Waals surface area contributed by atoms with Crippen molar-refractivity contribution < 1.29 is 10.2 Å². The predicted molar refractivity (Wildman–Crippen MR) is 64.2 cm³/mol. The summed E-state index contributed by atoms with van der Waals surface area (Å²) >= 11 is 0. The van der Waals surface area contributed by atoms with E-state index in [4.69, 9.17) is 0 Å². The van der Waals surface area contributed by atoms with Crippen molar-refractivity contribution in [3.05, 3.63) is 0 Å². The molecule has 3 heteroatoms. The molecule has 1 saturated carbocycles. The first-order chi connectivity index (χ1) is 7.54. The molecule has 1 heterocycles. The molecule has 2 aliphatic rings. The van der Waals surface area contributed by atoms with Gasteiger partial charge in [-0.15, -0.1) is 0 Å². The van der Waals surface area contributed by atoms with E-state index in [1.165, 1.54) is 0 Å². The largest absolute Gasteiger partial charge is 0.395 e. The molecule has 2 fully saturated rings. The van der Waals surface area contributed by atoms with Crippen molar-refractivity contribution in [1.82, 2.24) is 4.90 Å². The van der Waals surface area contributed by atoms with Crippen molar-refractivity contribution in [2.75, 3.05) is 19.7 Å². The van der Waals surface area contributed by atoms with Crippen molar-refractivity contribution in [2.45, 2.75) is 51.2 Å². The van der Waals surface area contributed by atoms with E-state index in [1.54, 1.807) is 0 Å². The Morgan fingerprint density at radius 2 is 2.06 bits per heavy atom. The van der Waals surface area contributed by atoms with Crippen LogP contribution in [0.5, 0.6) is 0 Å². The normalized spacial score (nSPS) is 40.3. The Hall–Kier alpha value is -0.120. The zero-order chi connectivity index (χ0) is 11.8. The van der Waals surface area contributed by atoms with Gasteiger partial charge in [-0.05, 0) is 44.1 Å². The molecule has 0 aromatic heterocycles. The highest BCUT2D eigenvalue weighted by molar-refractivity contribution is 4.98. The summed E-state index contributed by atoms with van der Waals surface area (Å²) < 4.78 is 0. The van der Waals surface area contributed by atoms with Crippen LogP contribution in [0.1, 0.15) is 39.5 Å². The van der Waals surface area contributed by atoms with Crippen molar-refractivity contribution in [3.63, 3.8) is 0 Å². The Kier molecular flexibility index (Phi) is 3.57. The summed E-state index contributed by atoms with van der Waals surface area (Å²) in [7, 11) is 0. The lowest BCUT2D eigenvalue weighted by molar-refractivity contribution is -0.108. The van der Waals surface area contributed by atoms with E-state index >= 15 is 0 Å². The summed E-state index contributed by atoms with van der Waals surface area (Å²) in [6, 6.07) is 0.294. The van der Waals surface area contributed by atoms with Crippen LogP contribution < -0.4 is 0 Å². The lowest BCUT2D eigenvalue weighted by atomic mass is 9.66. The molecule has 0 spiro atoms. The molecule has 1 atom stereocenters. The smallest absolute Gasteiger partial charge is 0.0779 e. The van der Waals surface area contributed by atoms with Crippen molar-refractivity contribution in [3.8, 4) is 0 Å². The molecule has 1 saturated heterocycles. The number of β-amino-alcohol motifs (C(OH)–C–C–N with tert-alkyl or cyclic N) is 1. The second-order valence-corrected chi connectivity index (χ2v) is 6.09. The molecular formula is C13H25NO2. The van der Waals surface area contributed by atoms with Gasteiger partial charge in [0.1, 0.15) is 0 Å². The van der Waals surface area contributed by atoms with Crippen molar-refractivity contribution in [2.24, 2.45) is 11.8 Å². The van der Waals surface area contributed by atoms with E-state index < -0.39 is 5.60 Å². The minimum absolute atomic E-state index is 0.240. The van der Waals surface area contributed by atoms with Crippen LogP contribution in [0.3, 0.4) is 0 Å². The summed E-state index contributed by atoms with van der Waals surface area (Å²) in [5, 5.41) is 19.6. The average Bonchev–Trinajstić information content (AvgIpc) is 2.60.